The molecular weight excluding hydrogens is 420 g/mol. The minimum Gasteiger partial charge on any atom is -0.482 e. The summed E-state index contributed by atoms with van der Waals surface area (Å²) in [6.07, 6.45) is 0. The first-order chi connectivity index (χ1) is 14.8. The number of fused-ring (bicyclic) bond motifs is 1. The van der Waals surface area contributed by atoms with Gasteiger partial charge in [-0.05, 0) is 44.2 Å². The lowest BCUT2D eigenvalue weighted by atomic mass is 10.1. The second-order valence-electron chi connectivity index (χ2n) is 7.05. The molecular formula is C22H22N2O6S. The number of anilines is 1. The summed E-state index contributed by atoms with van der Waals surface area (Å²) in [4.78, 5) is 48.9. The van der Waals surface area contributed by atoms with Crippen molar-refractivity contribution >= 4 is 41.0 Å². The number of rotatable bonds is 8. The van der Waals surface area contributed by atoms with Crippen LogP contribution in [0.2, 0.25) is 0 Å². The van der Waals surface area contributed by atoms with E-state index in [4.69, 9.17) is 9.47 Å². The Hall–Kier alpha value is -3.33. The van der Waals surface area contributed by atoms with Gasteiger partial charge < -0.3 is 20.1 Å². The normalized spacial score (nSPS) is 12.4. The molecule has 0 spiro atoms. The fourth-order valence-corrected chi connectivity index (χ4v) is 3.67. The van der Waals surface area contributed by atoms with Gasteiger partial charge in [0.05, 0.1) is 17.0 Å². The quantitative estimate of drug-likeness (QED) is 0.367. The van der Waals surface area contributed by atoms with Crippen LogP contribution in [0.5, 0.6) is 5.75 Å². The average Bonchev–Trinajstić information content (AvgIpc) is 2.75. The van der Waals surface area contributed by atoms with Crippen LogP contribution in [0.15, 0.2) is 47.4 Å². The molecule has 1 aliphatic rings. The fraction of sp³-hybridized carbons (Fsp3) is 0.273. The molecule has 0 saturated heterocycles. The highest BCUT2D eigenvalue weighted by Gasteiger charge is 2.20. The first-order valence-electron chi connectivity index (χ1n) is 9.61. The maximum atomic E-state index is 12.5. The van der Waals surface area contributed by atoms with Crippen LogP contribution in [-0.4, -0.2) is 48.6 Å². The van der Waals surface area contributed by atoms with E-state index in [1.807, 2.05) is 13.8 Å². The summed E-state index contributed by atoms with van der Waals surface area (Å²) >= 11 is 1.22. The van der Waals surface area contributed by atoms with Gasteiger partial charge in [0.25, 0.3) is 5.91 Å². The highest BCUT2D eigenvalue weighted by Crippen LogP contribution is 2.29. The maximum absolute atomic E-state index is 12.5. The zero-order valence-electron chi connectivity index (χ0n) is 17.1. The van der Waals surface area contributed by atoms with Gasteiger partial charge in [0, 0.05) is 16.5 Å². The number of hydrogen-bond donors (Lipinski definition) is 2. The molecule has 9 heteroatoms. The number of benzene rings is 2. The van der Waals surface area contributed by atoms with E-state index < -0.39 is 18.4 Å². The van der Waals surface area contributed by atoms with Crippen molar-refractivity contribution in [1.29, 1.82) is 0 Å². The van der Waals surface area contributed by atoms with E-state index in [2.05, 4.69) is 10.6 Å². The van der Waals surface area contributed by atoms with Crippen molar-refractivity contribution in [3.05, 3.63) is 53.6 Å². The van der Waals surface area contributed by atoms with E-state index in [9.17, 15) is 19.2 Å². The topological polar surface area (TPSA) is 111 Å². The lowest BCUT2D eigenvalue weighted by molar-refractivity contribution is -0.119. The SMILES string of the molecule is CC(C)NC(=O)CSc1ccccc1C(=O)OCC(=O)c1ccc2c(c1)NC(=O)CO2. The molecule has 2 amide bonds. The summed E-state index contributed by atoms with van der Waals surface area (Å²) in [5.41, 5.74) is 0.962. The van der Waals surface area contributed by atoms with E-state index >= 15 is 0 Å². The summed E-state index contributed by atoms with van der Waals surface area (Å²) in [7, 11) is 0. The zero-order valence-corrected chi connectivity index (χ0v) is 17.9. The molecule has 31 heavy (non-hydrogen) atoms. The Morgan fingerprint density at radius 3 is 2.74 bits per heavy atom. The number of amides is 2. The molecule has 0 fully saturated rings. The van der Waals surface area contributed by atoms with Crippen molar-refractivity contribution in [2.24, 2.45) is 0 Å². The minimum atomic E-state index is -0.657. The van der Waals surface area contributed by atoms with Gasteiger partial charge in [-0.25, -0.2) is 4.79 Å². The van der Waals surface area contributed by atoms with Crippen LogP contribution in [0.3, 0.4) is 0 Å². The Kier molecular flexibility index (Phi) is 7.30. The molecule has 8 nitrogen and oxygen atoms in total. The maximum Gasteiger partial charge on any atom is 0.339 e. The molecule has 1 aliphatic heterocycles. The van der Waals surface area contributed by atoms with E-state index in [-0.39, 0.29) is 41.3 Å². The number of esters is 1. The second kappa shape index (κ2) is 10.1. The molecule has 0 radical (unpaired) electrons. The van der Waals surface area contributed by atoms with Crippen molar-refractivity contribution < 1.29 is 28.7 Å². The first kappa shape index (κ1) is 22.4. The van der Waals surface area contributed by atoms with Gasteiger partial charge in [-0.1, -0.05) is 12.1 Å². The van der Waals surface area contributed by atoms with E-state index in [0.717, 1.165) is 0 Å². The third-order valence-electron chi connectivity index (χ3n) is 4.18. The van der Waals surface area contributed by atoms with Gasteiger partial charge in [-0.3, -0.25) is 14.4 Å². The molecule has 0 bridgehead atoms. The Morgan fingerprint density at radius 2 is 1.97 bits per heavy atom. The molecule has 3 rings (SSSR count). The van der Waals surface area contributed by atoms with E-state index in [1.54, 1.807) is 36.4 Å². The summed E-state index contributed by atoms with van der Waals surface area (Å²) in [5, 5.41) is 5.42. The summed E-state index contributed by atoms with van der Waals surface area (Å²) in [5.74, 6) is -0.889. The Morgan fingerprint density at radius 1 is 1.19 bits per heavy atom. The lowest BCUT2D eigenvalue weighted by Crippen LogP contribution is -2.31. The highest BCUT2D eigenvalue weighted by atomic mass is 32.2. The molecule has 2 N–H and O–H groups in total. The standard InChI is InChI=1S/C22H22N2O6S/c1-13(2)23-21(27)12-31-19-6-4-3-5-15(19)22(28)30-10-17(25)14-7-8-18-16(9-14)24-20(26)11-29-18/h3-9,13H,10-12H2,1-2H3,(H,23,27)(H,24,26). The van der Waals surface area contributed by atoms with Gasteiger partial charge in [0.2, 0.25) is 5.91 Å². The van der Waals surface area contributed by atoms with Crippen molar-refractivity contribution in [3.63, 3.8) is 0 Å². The van der Waals surface area contributed by atoms with Crippen LogP contribution in [0, 0.1) is 0 Å². The molecule has 2 aromatic rings. The number of nitrogens with one attached hydrogen (secondary N) is 2. The van der Waals surface area contributed by atoms with Gasteiger partial charge in [-0.2, -0.15) is 0 Å². The van der Waals surface area contributed by atoms with Crippen LogP contribution in [0.4, 0.5) is 5.69 Å². The Bertz CT molecular complexity index is 1020. The van der Waals surface area contributed by atoms with Crippen LogP contribution < -0.4 is 15.4 Å². The van der Waals surface area contributed by atoms with E-state index in [0.29, 0.717) is 16.3 Å². The van der Waals surface area contributed by atoms with Gasteiger partial charge >= 0.3 is 5.97 Å². The van der Waals surface area contributed by atoms with Gasteiger partial charge in [0.15, 0.2) is 19.0 Å². The van der Waals surface area contributed by atoms with Crippen molar-refractivity contribution in [2.45, 2.75) is 24.8 Å². The number of thioether (sulfide) groups is 1. The van der Waals surface area contributed by atoms with Crippen molar-refractivity contribution in [1.82, 2.24) is 5.32 Å². The van der Waals surface area contributed by atoms with E-state index in [1.165, 1.54) is 17.8 Å². The largest absolute Gasteiger partial charge is 0.482 e. The third kappa shape index (κ3) is 6.08. The van der Waals surface area contributed by atoms with Gasteiger partial charge in [-0.15, -0.1) is 11.8 Å². The molecule has 0 aromatic heterocycles. The average molecular weight is 442 g/mol. The van der Waals surface area contributed by atoms with Crippen LogP contribution in [0.25, 0.3) is 0 Å². The Labute approximate surface area is 183 Å². The Balaban J connectivity index is 1.61. The molecule has 162 valence electrons. The smallest absolute Gasteiger partial charge is 0.339 e. The van der Waals surface area contributed by atoms with Crippen LogP contribution in [0.1, 0.15) is 34.6 Å². The number of Topliss-reactive ketones (excluding diaryl/α,β-unsaturated/α-hetero) is 1. The summed E-state index contributed by atoms with van der Waals surface area (Å²) in [6, 6.07) is 11.4. The summed E-state index contributed by atoms with van der Waals surface area (Å²) in [6.45, 7) is 3.20. The van der Waals surface area contributed by atoms with Crippen LogP contribution >= 0.6 is 11.8 Å². The number of carbonyl (C=O) groups is 4. The minimum absolute atomic E-state index is 0.0304. The summed E-state index contributed by atoms with van der Waals surface area (Å²) < 4.78 is 10.5. The van der Waals surface area contributed by atoms with Crippen molar-refractivity contribution in [3.8, 4) is 5.75 Å². The monoisotopic (exact) mass is 442 g/mol. The number of ether oxygens (including phenoxy) is 2. The molecule has 0 aliphatic carbocycles. The fourth-order valence-electron chi connectivity index (χ4n) is 2.82. The predicted octanol–water partition coefficient (Wildman–Crippen LogP) is 2.67. The second-order valence-corrected chi connectivity index (χ2v) is 8.07. The number of hydrogen-bond acceptors (Lipinski definition) is 7. The predicted molar refractivity (Wildman–Crippen MR) is 116 cm³/mol. The zero-order chi connectivity index (χ0) is 22.4. The van der Waals surface area contributed by atoms with Gasteiger partial charge in [0.1, 0.15) is 5.75 Å². The number of ketones is 1. The first-order valence-corrected chi connectivity index (χ1v) is 10.6. The highest BCUT2D eigenvalue weighted by molar-refractivity contribution is 8.00. The molecule has 2 aromatic carbocycles. The van der Waals surface area contributed by atoms with Crippen molar-refractivity contribution in [2.75, 3.05) is 24.3 Å². The third-order valence-corrected chi connectivity index (χ3v) is 5.26. The lowest BCUT2D eigenvalue weighted by Gasteiger charge is -2.18. The van der Waals surface area contributed by atoms with Crippen LogP contribution in [-0.2, 0) is 14.3 Å². The molecule has 1 heterocycles. The molecule has 0 atom stereocenters. The molecule has 0 unspecified atom stereocenters. The number of carbonyl (C=O) groups excluding carboxylic acids is 4. The molecule has 0 saturated carbocycles.